The molecule has 1 saturated heterocycles. The Kier molecular flexibility index (Phi) is 1.54. The predicted molar refractivity (Wildman–Crippen MR) is 36.6 cm³/mol. The molecule has 1 atom stereocenters. The van der Waals surface area contributed by atoms with E-state index in [4.69, 9.17) is 24.8 Å². The molecule has 0 aliphatic carbocycles. The topological polar surface area (TPSA) is 12.0 Å². The van der Waals surface area contributed by atoms with Crippen molar-refractivity contribution in [3.8, 4) is 0 Å². The van der Waals surface area contributed by atoms with Crippen LogP contribution in [0.3, 0.4) is 0 Å². The number of nitrogens with one attached hydrogen (secondary N) is 1. The molecular formula is C4H6NS2. The first-order chi connectivity index (χ1) is 3.29. The highest BCUT2D eigenvalue weighted by molar-refractivity contribution is 7.82. The molecule has 1 heterocycles. The van der Waals surface area contributed by atoms with E-state index in [9.17, 15) is 0 Å². The summed E-state index contributed by atoms with van der Waals surface area (Å²) in [6, 6.07) is 0. The van der Waals surface area contributed by atoms with Gasteiger partial charge in [-0.05, 0) is 0 Å². The molecular weight excluding hydrogens is 126 g/mol. The molecule has 1 aliphatic heterocycles. The van der Waals surface area contributed by atoms with E-state index in [-0.39, 0.29) is 0 Å². The zero-order chi connectivity index (χ0) is 5.28. The lowest BCUT2D eigenvalue weighted by Gasteiger charge is -1.87. The number of thiocarbonyl (C=S) groups is 1. The fourth-order valence-corrected chi connectivity index (χ4v) is 1.22. The van der Waals surface area contributed by atoms with Crippen LogP contribution in [0.15, 0.2) is 0 Å². The molecule has 1 radical (unpaired) electrons. The molecule has 0 saturated carbocycles. The summed E-state index contributed by atoms with van der Waals surface area (Å²) in [6.07, 6.45) is 0.907. The molecule has 1 nitrogen and oxygen atoms in total. The number of hydrogen-bond acceptors (Lipinski definition) is 1. The first-order valence-electron chi connectivity index (χ1n) is 2.21. The minimum atomic E-state index is 0.354. The maximum absolute atomic E-state index is 4.93. The highest BCUT2D eigenvalue weighted by Crippen LogP contribution is 2.06. The maximum atomic E-state index is 4.93. The average Bonchev–Trinajstić information content (AvgIpc) is 1.87. The second-order valence-corrected chi connectivity index (χ2v) is 2.79. The fraction of sp³-hybridized carbons (Fsp3) is 0.750. The van der Waals surface area contributed by atoms with Crippen LogP contribution >= 0.6 is 24.8 Å². The third kappa shape index (κ3) is 1.31. The van der Waals surface area contributed by atoms with E-state index >= 15 is 0 Å². The van der Waals surface area contributed by atoms with Gasteiger partial charge in [-0.3, -0.25) is 0 Å². The Morgan fingerprint density at radius 1 is 1.71 bits per heavy atom. The monoisotopic (exact) mass is 132 g/mol. The van der Waals surface area contributed by atoms with Crippen molar-refractivity contribution < 1.29 is 0 Å². The highest BCUT2D eigenvalue weighted by Gasteiger charge is 2.13. The van der Waals surface area contributed by atoms with Gasteiger partial charge in [-0.25, -0.2) is 0 Å². The van der Waals surface area contributed by atoms with Crippen LogP contribution in [0.25, 0.3) is 0 Å². The molecule has 7 heavy (non-hydrogen) atoms. The van der Waals surface area contributed by atoms with Crippen LogP contribution in [0.5, 0.6) is 0 Å². The molecule has 3 heteroatoms. The number of hydrogen-bond donors (Lipinski definition) is 1. The van der Waals surface area contributed by atoms with Crippen molar-refractivity contribution >= 4 is 29.8 Å². The van der Waals surface area contributed by atoms with Crippen molar-refractivity contribution in [2.45, 2.75) is 11.7 Å². The van der Waals surface area contributed by atoms with Crippen molar-refractivity contribution in [2.75, 3.05) is 6.54 Å². The first-order valence-corrected chi connectivity index (χ1v) is 3.09. The van der Waals surface area contributed by atoms with E-state index in [1.165, 1.54) is 0 Å². The second kappa shape index (κ2) is 2.01. The smallest absolute Gasteiger partial charge is 0.0765 e. The molecule has 0 spiro atoms. The van der Waals surface area contributed by atoms with Gasteiger partial charge in [0.2, 0.25) is 0 Å². The van der Waals surface area contributed by atoms with Gasteiger partial charge in [0.05, 0.1) is 4.99 Å². The summed E-state index contributed by atoms with van der Waals surface area (Å²) < 4.78 is 0. The molecule has 0 aromatic heterocycles. The van der Waals surface area contributed by atoms with E-state index in [0.717, 1.165) is 18.0 Å². The molecule has 1 aliphatic rings. The van der Waals surface area contributed by atoms with Gasteiger partial charge in [0.15, 0.2) is 0 Å². The summed E-state index contributed by atoms with van der Waals surface area (Å²) in [5, 5.41) is 3.35. The maximum Gasteiger partial charge on any atom is 0.0765 e. The lowest BCUT2D eigenvalue weighted by molar-refractivity contribution is 0.937. The Hall–Kier alpha value is 0.240. The quantitative estimate of drug-likeness (QED) is 0.491. The van der Waals surface area contributed by atoms with Crippen molar-refractivity contribution in [2.24, 2.45) is 0 Å². The van der Waals surface area contributed by atoms with E-state index in [1.807, 2.05) is 0 Å². The minimum absolute atomic E-state index is 0.354. The zero-order valence-electron chi connectivity index (χ0n) is 3.81. The van der Waals surface area contributed by atoms with E-state index in [2.05, 4.69) is 5.32 Å². The van der Waals surface area contributed by atoms with Crippen molar-refractivity contribution in [1.82, 2.24) is 5.32 Å². The molecule has 1 N–H and O–H groups in total. The molecule has 39 valence electrons. The second-order valence-electron chi connectivity index (χ2n) is 1.63. The highest BCUT2D eigenvalue weighted by atomic mass is 32.1. The van der Waals surface area contributed by atoms with Crippen LogP contribution in [0.1, 0.15) is 6.42 Å². The van der Waals surface area contributed by atoms with Gasteiger partial charge < -0.3 is 5.32 Å². The first kappa shape index (κ1) is 5.38. The molecule has 1 fully saturated rings. The third-order valence-electron chi connectivity index (χ3n) is 0.940. The van der Waals surface area contributed by atoms with Crippen LogP contribution in [0, 0.1) is 0 Å². The molecule has 0 bridgehead atoms. The fourth-order valence-electron chi connectivity index (χ4n) is 0.579. The Morgan fingerprint density at radius 2 is 2.43 bits per heavy atom. The Labute approximate surface area is 53.9 Å². The minimum Gasteiger partial charge on any atom is -0.378 e. The molecule has 0 aromatic rings. The lowest BCUT2D eigenvalue weighted by Crippen LogP contribution is -2.12. The van der Waals surface area contributed by atoms with Crippen molar-refractivity contribution in [3.05, 3.63) is 0 Å². The van der Waals surface area contributed by atoms with Crippen LogP contribution in [-0.4, -0.2) is 16.8 Å². The zero-order valence-corrected chi connectivity index (χ0v) is 5.44. The molecule has 1 rings (SSSR count). The Morgan fingerprint density at radius 3 is 2.57 bits per heavy atom. The largest absolute Gasteiger partial charge is 0.378 e. The summed E-state index contributed by atoms with van der Waals surface area (Å²) in [6.45, 7) is 0.897. The van der Waals surface area contributed by atoms with Crippen molar-refractivity contribution in [1.29, 1.82) is 0 Å². The summed E-state index contributed by atoms with van der Waals surface area (Å²) in [7, 11) is 0. The third-order valence-corrected chi connectivity index (χ3v) is 1.58. The normalized spacial score (nSPS) is 30.4. The van der Waals surface area contributed by atoms with Crippen LogP contribution < -0.4 is 5.32 Å². The van der Waals surface area contributed by atoms with Crippen LogP contribution in [0.2, 0.25) is 0 Å². The summed E-state index contributed by atoms with van der Waals surface area (Å²) in [5.74, 6) is 0. The van der Waals surface area contributed by atoms with Crippen LogP contribution in [0.4, 0.5) is 0 Å². The standard InChI is InChI=1S/C4H6NS2/c6-3-1-4(7)5-2-3/h3H,1-2H2,(H,5,7). The SMILES string of the molecule is [S]C1CNC(=S)C1. The Balaban J connectivity index is 2.40. The van der Waals surface area contributed by atoms with E-state index < -0.39 is 0 Å². The summed E-state index contributed by atoms with van der Waals surface area (Å²) >= 11 is 9.75. The van der Waals surface area contributed by atoms with Crippen LogP contribution in [-0.2, 0) is 0 Å². The van der Waals surface area contributed by atoms with Gasteiger partial charge in [-0.1, -0.05) is 24.8 Å². The van der Waals surface area contributed by atoms with Gasteiger partial charge in [-0.2, -0.15) is 0 Å². The van der Waals surface area contributed by atoms with Gasteiger partial charge in [0, 0.05) is 18.2 Å². The Bertz CT molecular complexity index is 91.7. The molecule has 0 aromatic carbocycles. The average molecular weight is 132 g/mol. The van der Waals surface area contributed by atoms with E-state index in [0.29, 0.717) is 5.25 Å². The van der Waals surface area contributed by atoms with Gasteiger partial charge in [0.1, 0.15) is 0 Å². The molecule has 0 amide bonds. The van der Waals surface area contributed by atoms with Gasteiger partial charge >= 0.3 is 0 Å². The van der Waals surface area contributed by atoms with E-state index in [1.54, 1.807) is 0 Å². The number of rotatable bonds is 0. The summed E-state index contributed by atoms with van der Waals surface area (Å²) in [5.41, 5.74) is 0. The molecule has 1 unspecified atom stereocenters. The predicted octanol–water partition coefficient (Wildman–Crippen LogP) is 0.873. The van der Waals surface area contributed by atoms with Gasteiger partial charge in [0.25, 0.3) is 0 Å². The van der Waals surface area contributed by atoms with Gasteiger partial charge in [-0.15, -0.1) is 0 Å². The van der Waals surface area contributed by atoms with Crippen molar-refractivity contribution in [3.63, 3.8) is 0 Å². The lowest BCUT2D eigenvalue weighted by atomic mass is 10.4. The summed E-state index contributed by atoms with van der Waals surface area (Å²) in [4.78, 5) is 0.931.